The average molecular weight is 322 g/mol. The van der Waals surface area contributed by atoms with Gasteiger partial charge in [0.15, 0.2) is 0 Å². The van der Waals surface area contributed by atoms with E-state index in [-0.39, 0.29) is 24.3 Å². The highest BCUT2D eigenvalue weighted by atomic mass is 35.5. The highest BCUT2D eigenvalue weighted by Crippen LogP contribution is 2.32. The zero-order chi connectivity index (χ0) is 14.7. The van der Waals surface area contributed by atoms with Crippen molar-refractivity contribution in [1.82, 2.24) is 5.32 Å². The van der Waals surface area contributed by atoms with Gasteiger partial charge in [-0.05, 0) is 48.9 Å². The number of carbonyl (C=O) groups is 1. The molecule has 0 spiro atoms. The molecule has 0 bridgehead atoms. The summed E-state index contributed by atoms with van der Waals surface area (Å²) in [6, 6.07) is 11.5. The largest absolute Gasteiger partial charge is 0.488 e. The third-order valence-corrected chi connectivity index (χ3v) is 3.60. The predicted molar refractivity (Wildman–Crippen MR) is 86.4 cm³/mol. The zero-order valence-electron chi connectivity index (χ0n) is 11.9. The number of nitrogens with one attached hydrogen (secondary N) is 1. The van der Waals surface area contributed by atoms with E-state index in [4.69, 9.17) is 4.74 Å². The quantitative estimate of drug-likeness (QED) is 0.876. The molecular weight excluding hydrogens is 305 g/mol. The highest BCUT2D eigenvalue weighted by molar-refractivity contribution is 5.85. The average Bonchev–Trinajstić information content (AvgIpc) is 3.02. The lowest BCUT2D eigenvalue weighted by atomic mass is 10.0. The molecular formula is C17H17ClFNO2. The molecule has 1 N–H and O–H groups in total. The van der Waals surface area contributed by atoms with Gasteiger partial charge in [0.05, 0.1) is 0 Å². The van der Waals surface area contributed by atoms with Crippen LogP contribution >= 0.6 is 12.4 Å². The summed E-state index contributed by atoms with van der Waals surface area (Å²) < 4.78 is 19.1. The number of benzene rings is 2. The Balaban J connectivity index is 0.00000176. The number of carbonyl (C=O) groups excluding carboxylic acids is 1. The molecule has 2 aromatic carbocycles. The molecule has 1 heterocycles. The van der Waals surface area contributed by atoms with E-state index in [0.29, 0.717) is 5.56 Å². The van der Waals surface area contributed by atoms with E-state index in [1.54, 1.807) is 30.3 Å². The van der Waals surface area contributed by atoms with E-state index in [1.807, 2.05) is 0 Å². The fraction of sp³-hybridized carbons (Fsp3) is 0.235. The Hall–Kier alpha value is -1.91. The summed E-state index contributed by atoms with van der Waals surface area (Å²) in [7, 11) is 0. The lowest BCUT2D eigenvalue weighted by molar-refractivity contribution is 0.112. The summed E-state index contributed by atoms with van der Waals surface area (Å²) in [5.41, 5.74) is 2.22. The van der Waals surface area contributed by atoms with Gasteiger partial charge in [-0.25, -0.2) is 4.39 Å². The van der Waals surface area contributed by atoms with E-state index in [9.17, 15) is 9.18 Å². The van der Waals surface area contributed by atoms with Crippen molar-refractivity contribution in [1.29, 1.82) is 0 Å². The Labute approximate surface area is 134 Å². The predicted octanol–water partition coefficient (Wildman–Crippen LogP) is 3.47. The van der Waals surface area contributed by atoms with Crippen LogP contribution in [0.3, 0.4) is 0 Å². The molecule has 3 nitrogen and oxygen atoms in total. The second-order valence-electron chi connectivity index (χ2n) is 5.11. The highest BCUT2D eigenvalue weighted by Gasteiger charge is 2.18. The molecule has 1 unspecified atom stereocenters. The normalized spacial score (nSPS) is 16.9. The standard InChI is InChI=1S/C17H16FNO2.ClH/c18-14-4-2-13(3-5-14)16-9-12(11-20)1-6-17(16)21-15-7-8-19-10-15;/h1-6,9,11,15,19H,7-8,10H2;1H. The second-order valence-corrected chi connectivity index (χ2v) is 5.11. The number of hydrogen-bond donors (Lipinski definition) is 1. The van der Waals surface area contributed by atoms with Gasteiger partial charge in [0, 0.05) is 17.7 Å². The van der Waals surface area contributed by atoms with E-state index in [2.05, 4.69) is 5.32 Å². The van der Waals surface area contributed by atoms with Crippen molar-refractivity contribution in [3.8, 4) is 16.9 Å². The van der Waals surface area contributed by atoms with Crippen LogP contribution in [0.5, 0.6) is 5.75 Å². The number of halogens is 2. The second kappa shape index (κ2) is 7.38. The monoisotopic (exact) mass is 321 g/mol. The molecule has 2 aromatic rings. The molecule has 1 aliphatic rings. The Morgan fingerprint density at radius 1 is 1.18 bits per heavy atom. The Kier molecular flexibility index (Phi) is 5.52. The first-order valence-corrected chi connectivity index (χ1v) is 6.99. The minimum absolute atomic E-state index is 0. The van der Waals surface area contributed by atoms with Crippen molar-refractivity contribution in [3.05, 3.63) is 53.8 Å². The Morgan fingerprint density at radius 3 is 2.59 bits per heavy atom. The number of aldehydes is 1. The van der Waals surface area contributed by atoms with Gasteiger partial charge in [-0.15, -0.1) is 12.4 Å². The molecule has 0 amide bonds. The van der Waals surface area contributed by atoms with Gasteiger partial charge in [0.1, 0.15) is 24.0 Å². The van der Waals surface area contributed by atoms with E-state index < -0.39 is 0 Å². The minimum atomic E-state index is -0.284. The van der Waals surface area contributed by atoms with Gasteiger partial charge >= 0.3 is 0 Å². The molecule has 1 atom stereocenters. The molecule has 0 radical (unpaired) electrons. The summed E-state index contributed by atoms with van der Waals surface area (Å²) in [5.74, 6) is 0.439. The third kappa shape index (κ3) is 3.64. The van der Waals surface area contributed by atoms with E-state index >= 15 is 0 Å². The molecule has 3 rings (SSSR count). The lowest BCUT2D eigenvalue weighted by Crippen LogP contribution is -2.19. The van der Waals surface area contributed by atoms with Crippen LogP contribution in [0.1, 0.15) is 16.8 Å². The molecule has 0 aliphatic carbocycles. The first-order valence-electron chi connectivity index (χ1n) is 6.99. The van der Waals surface area contributed by atoms with Gasteiger partial charge < -0.3 is 10.1 Å². The van der Waals surface area contributed by atoms with Crippen LogP contribution in [0.2, 0.25) is 0 Å². The third-order valence-electron chi connectivity index (χ3n) is 3.60. The SMILES string of the molecule is Cl.O=Cc1ccc(OC2CCNC2)c(-c2ccc(F)cc2)c1. The maximum absolute atomic E-state index is 13.1. The van der Waals surface area contributed by atoms with Crippen molar-refractivity contribution >= 4 is 18.7 Å². The fourth-order valence-electron chi connectivity index (χ4n) is 2.49. The van der Waals surface area contributed by atoms with Crippen molar-refractivity contribution in [2.24, 2.45) is 0 Å². The van der Waals surface area contributed by atoms with Crippen molar-refractivity contribution in [2.45, 2.75) is 12.5 Å². The van der Waals surface area contributed by atoms with Gasteiger partial charge in [-0.2, -0.15) is 0 Å². The first kappa shape index (κ1) is 16.5. The Bertz CT molecular complexity index is 640. The molecule has 1 saturated heterocycles. The maximum Gasteiger partial charge on any atom is 0.150 e. The summed E-state index contributed by atoms with van der Waals surface area (Å²) in [6.45, 7) is 1.77. The van der Waals surface area contributed by atoms with Gasteiger partial charge in [-0.3, -0.25) is 4.79 Å². The van der Waals surface area contributed by atoms with Crippen molar-refractivity contribution in [2.75, 3.05) is 13.1 Å². The number of hydrogen-bond acceptors (Lipinski definition) is 3. The molecule has 1 fully saturated rings. The van der Waals surface area contributed by atoms with Crippen LogP contribution in [0, 0.1) is 5.82 Å². The summed E-state index contributed by atoms with van der Waals surface area (Å²) in [6.07, 6.45) is 1.89. The number of ether oxygens (including phenoxy) is 1. The van der Waals surface area contributed by atoms with Crippen LogP contribution in [-0.2, 0) is 0 Å². The van der Waals surface area contributed by atoms with E-state index in [0.717, 1.165) is 42.7 Å². The summed E-state index contributed by atoms with van der Waals surface area (Å²) in [5, 5.41) is 3.25. The minimum Gasteiger partial charge on any atom is -0.488 e. The van der Waals surface area contributed by atoms with E-state index in [1.165, 1.54) is 12.1 Å². The van der Waals surface area contributed by atoms with Crippen LogP contribution in [0.15, 0.2) is 42.5 Å². The van der Waals surface area contributed by atoms with Crippen LogP contribution < -0.4 is 10.1 Å². The summed E-state index contributed by atoms with van der Waals surface area (Å²) >= 11 is 0. The maximum atomic E-state index is 13.1. The zero-order valence-corrected chi connectivity index (χ0v) is 12.7. The van der Waals surface area contributed by atoms with Crippen molar-refractivity contribution in [3.63, 3.8) is 0 Å². The molecule has 22 heavy (non-hydrogen) atoms. The van der Waals surface area contributed by atoms with Gasteiger partial charge in [-0.1, -0.05) is 12.1 Å². The van der Waals surface area contributed by atoms with Crippen LogP contribution in [-0.4, -0.2) is 25.5 Å². The summed E-state index contributed by atoms with van der Waals surface area (Å²) in [4.78, 5) is 11.0. The van der Waals surface area contributed by atoms with Gasteiger partial charge in [0.2, 0.25) is 0 Å². The number of rotatable bonds is 4. The molecule has 1 aliphatic heterocycles. The smallest absolute Gasteiger partial charge is 0.150 e. The lowest BCUT2D eigenvalue weighted by Gasteiger charge is -2.16. The molecule has 0 aromatic heterocycles. The first-order chi connectivity index (χ1) is 10.3. The van der Waals surface area contributed by atoms with Gasteiger partial charge in [0.25, 0.3) is 0 Å². The molecule has 116 valence electrons. The van der Waals surface area contributed by atoms with Crippen LogP contribution in [0.25, 0.3) is 11.1 Å². The topological polar surface area (TPSA) is 38.3 Å². The molecule has 5 heteroatoms. The fourth-order valence-corrected chi connectivity index (χ4v) is 2.49. The Morgan fingerprint density at radius 2 is 1.95 bits per heavy atom. The molecule has 0 saturated carbocycles. The van der Waals surface area contributed by atoms with Crippen molar-refractivity contribution < 1.29 is 13.9 Å². The van der Waals surface area contributed by atoms with Crippen LogP contribution in [0.4, 0.5) is 4.39 Å².